The van der Waals surface area contributed by atoms with Crippen LogP contribution in [0.15, 0.2) is 38.4 Å². The third-order valence-corrected chi connectivity index (χ3v) is 5.24. The number of aromatic nitrogens is 2. The molecule has 3 rings (SSSR count). The molecule has 29 heavy (non-hydrogen) atoms. The van der Waals surface area contributed by atoms with Gasteiger partial charge in [-0.2, -0.15) is 0 Å². The fourth-order valence-electron chi connectivity index (χ4n) is 3.35. The lowest BCUT2D eigenvalue weighted by atomic mass is 10.1. The molecular weight excluding hydrogens is 372 g/mol. The van der Waals surface area contributed by atoms with E-state index >= 15 is 0 Å². The topological polar surface area (TPSA) is 93.5 Å². The van der Waals surface area contributed by atoms with Gasteiger partial charge < -0.3 is 18.7 Å². The first-order chi connectivity index (χ1) is 13.9. The van der Waals surface area contributed by atoms with E-state index < -0.39 is 0 Å². The molecule has 0 spiro atoms. The molecule has 0 saturated heterocycles. The average molecular weight is 400 g/mol. The number of rotatable bonds is 9. The Morgan fingerprint density at radius 1 is 1.41 bits per heavy atom. The van der Waals surface area contributed by atoms with Crippen LogP contribution in [0.3, 0.4) is 0 Å². The van der Waals surface area contributed by atoms with Gasteiger partial charge in [-0.3, -0.25) is 14.5 Å². The number of amides is 1. The lowest BCUT2D eigenvalue weighted by Crippen LogP contribution is -2.35. The van der Waals surface area contributed by atoms with Crippen LogP contribution in [0.1, 0.15) is 48.6 Å². The van der Waals surface area contributed by atoms with E-state index in [0.29, 0.717) is 18.3 Å². The van der Waals surface area contributed by atoms with Crippen LogP contribution in [0.25, 0.3) is 11.1 Å². The van der Waals surface area contributed by atoms with E-state index in [1.165, 1.54) is 10.9 Å². The minimum atomic E-state index is -0.313. The highest BCUT2D eigenvalue weighted by Crippen LogP contribution is 2.20. The summed E-state index contributed by atoms with van der Waals surface area (Å²) in [5.41, 5.74) is 0.165. The summed E-state index contributed by atoms with van der Waals surface area (Å²) in [7, 11) is 1.60. The van der Waals surface area contributed by atoms with Gasteiger partial charge in [0.05, 0.1) is 18.4 Å². The van der Waals surface area contributed by atoms with Crippen LogP contribution in [-0.4, -0.2) is 39.5 Å². The Morgan fingerprint density at radius 2 is 2.21 bits per heavy atom. The summed E-state index contributed by atoms with van der Waals surface area (Å²) in [6.07, 6.45) is 4.88. The molecule has 1 amide bonds. The van der Waals surface area contributed by atoms with Gasteiger partial charge >= 0.3 is 0 Å². The molecule has 3 aromatic rings. The number of carbonyl (C=O) groups is 1. The molecular formula is C21H28N4O4. The molecule has 3 heterocycles. The SMILES string of the molecule is CC[C@@H](C)N(CCCNC(=O)c1c(C)oc2ncn(C)c(=O)c12)Cc1ccco1. The maximum Gasteiger partial charge on any atom is 0.265 e. The summed E-state index contributed by atoms with van der Waals surface area (Å²) in [5, 5.41) is 3.14. The van der Waals surface area contributed by atoms with Crippen molar-refractivity contribution in [1.82, 2.24) is 19.8 Å². The monoisotopic (exact) mass is 400 g/mol. The summed E-state index contributed by atoms with van der Waals surface area (Å²) < 4.78 is 12.3. The molecule has 0 aliphatic carbocycles. The van der Waals surface area contributed by atoms with Crippen LogP contribution in [0, 0.1) is 6.92 Å². The number of nitrogens with zero attached hydrogens (tertiary/aromatic N) is 3. The van der Waals surface area contributed by atoms with E-state index in [0.717, 1.165) is 31.7 Å². The second-order valence-electron chi connectivity index (χ2n) is 7.29. The van der Waals surface area contributed by atoms with Gasteiger partial charge in [0.25, 0.3) is 11.5 Å². The van der Waals surface area contributed by atoms with Gasteiger partial charge in [-0.05, 0) is 38.8 Å². The molecule has 0 fully saturated rings. The van der Waals surface area contributed by atoms with Crippen LogP contribution in [0.5, 0.6) is 0 Å². The van der Waals surface area contributed by atoms with Crippen molar-refractivity contribution < 1.29 is 13.6 Å². The van der Waals surface area contributed by atoms with Crippen molar-refractivity contribution in [2.24, 2.45) is 7.05 Å². The first kappa shape index (κ1) is 20.9. The smallest absolute Gasteiger partial charge is 0.265 e. The van der Waals surface area contributed by atoms with Gasteiger partial charge in [0.1, 0.15) is 23.2 Å². The quantitative estimate of drug-likeness (QED) is 0.555. The first-order valence-electron chi connectivity index (χ1n) is 9.91. The maximum absolute atomic E-state index is 12.7. The average Bonchev–Trinajstić information content (AvgIpc) is 3.33. The van der Waals surface area contributed by atoms with Gasteiger partial charge in [0, 0.05) is 26.2 Å². The Morgan fingerprint density at radius 3 is 2.90 bits per heavy atom. The number of nitrogens with one attached hydrogen (secondary N) is 1. The van der Waals surface area contributed by atoms with Crippen molar-refractivity contribution in [2.75, 3.05) is 13.1 Å². The van der Waals surface area contributed by atoms with E-state index in [9.17, 15) is 9.59 Å². The Kier molecular flexibility index (Phi) is 6.53. The lowest BCUT2D eigenvalue weighted by Gasteiger charge is -2.27. The standard InChI is InChI=1S/C21H28N4O4/c1-5-14(2)25(12-16-8-6-11-28-16)10-7-9-22-19(26)17-15(3)29-20-18(17)21(27)24(4)13-23-20/h6,8,11,13-14H,5,7,9-10,12H2,1-4H3,(H,22,26)/t14-/m1/s1. The molecule has 3 aromatic heterocycles. The van der Waals surface area contributed by atoms with Crippen molar-refractivity contribution in [3.05, 3.63) is 52.2 Å². The van der Waals surface area contributed by atoms with Crippen molar-refractivity contribution in [3.63, 3.8) is 0 Å². The zero-order chi connectivity index (χ0) is 21.0. The predicted octanol–water partition coefficient (Wildman–Crippen LogP) is 2.85. The van der Waals surface area contributed by atoms with Gasteiger partial charge in [0.2, 0.25) is 5.71 Å². The molecule has 0 aromatic carbocycles. The second-order valence-corrected chi connectivity index (χ2v) is 7.29. The highest BCUT2D eigenvalue weighted by Gasteiger charge is 2.22. The summed E-state index contributed by atoms with van der Waals surface area (Å²) in [6.45, 7) is 8.07. The Balaban J connectivity index is 1.62. The number of hydrogen-bond acceptors (Lipinski definition) is 6. The molecule has 8 heteroatoms. The molecule has 0 unspecified atom stereocenters. The number of aryl methyl sites for hydroxylation is 2. The van der Waals surface area contributed by atoms with Crippen LogP contribution in [-0.2, 0) is 13.6 Å². The summed E-state index contributed by atoms with van der Waals surface area (Å²) >= 11 is 0. The molecule has 0 saturated carbocycles. The number of hydrogen-bond donors (Lipinski definition) is 1. The minimum Gasteiger partial charge on any atom is -0.468 e. The van der Waals surface area contributed by atoms with Gasteiger partial charge in [-0.15, -0.1) is 0 Å². The van der Waals surface area contributed by atoms with Crippen molar-refractivity contribution >= 4 is 17.0 Å². The largest absolute Gasteiger partial charge is 0.468 e. The molecule has 156 valence electrons. The zero-order valence-corrected chi connectivity index (χ0v) is 17.4. The predicted molar refractivity (Wildman–Crippen MR) is 110 cm³/mol. The van der Waals surface area contributed by atoms with Crippen molar-refractivity contribution in [2.45, 2.75) is 46.2 Å². The molecule has 0 bridgehead atoms. The highest BCUT2D eigenvalue weighted by atomic mass is 16.3. The molecule has 8 nitrogen and oxygen atoms in total. The van der Waals surface area contributed by atoms with E-state index in [1.54, 1.807) is 20.2 Å². The second kappa shape index (κ2) is 9.09. The van der Waals surface area contributed by atoms with E-state index in [4.69, 9.17) is 8.83 Å². The zero-order valence-electron chi connectivity index (χ0n) is 17.4. The Hall–Kier alpha value is -2.87. The lowest BCUT2D eigenvalue weighted by molar-refractivity contribution is 0.0949. The van der Waals surface area contributed by atoms with Gasteiger partial charge in [0.15, 0.2) is 0 Å². The van der Waals surface area contributed by atoms with E-state index in [-0.39, 0.29) is 28.1 Å². The van der Waals surface area contributed by atoms with Gasteiger partial charge in [-0.1, -0.05) is 6.92 Å². The summed E-state index contributed by atoms with van der Waals surface area (Å²) in [5.74, 6) is 1.01. The molecule has 1 N–H and O–H groups in total. The highest BCUT2D eigenvalue weighted by molar-refractivity contribution is 6.06. The summed E-state index contributed by atoms with van der Waals surface area (Å²) in [4.78, 5) is 31.6. The molecule has 0 aliphatic heterocycles. The van der Waals surface area contributed by atoms with Crippen LogP contribution in [0.2, 0.25) is 0 Å². The minimum absolute atomic E-state index is 0.192. The van der Waals surface area contributed by atoms with E-state index in [2.05, 4.69) is 29.0 Å². The fourth-order valence-corrected chi connectivity index (χ4v) is 3.35. The first-order valence-corrected chi connectivity index (χ1v) is 9.91. The van der Waals surface area contributed by atoms with Gasteiger partial charge in [-0.25, -0.2) is 4.98 Å². The summed E-state index contributed by atoms with van der Waals surface area (Å²) in [6, 6.07) is 4.27. The fraction of sp³-hybridized carbons (Fsp3) is 0.476. The van der Waals surface area contributed by atoms with E-state index in [1.807, 2.05) is 12.1 Å². The van der Waals surface area contributed by atoms with Crippen LogP contribution >= 0.6 is 0 Å². The third-order valence-electron chi connectivity index (χ3n) is 5.24. The Bertz CT molecular complexity index is 1020. The molecule has 0 aliphatic rings. The third kappa shape index (κ3) is 4.59. The molecule has 1 atom stereocenters. The van der Waals surface area contributed by atoms with Crippen LogP contribution < -0.4 is 10.9 Å². The van der Waals surface area contributed by atoms with Crippen molar-refractivity contribution in [3.8, 4) is 0 Å². The number of furan rings is 2. The van der Waals surface area contributed by atoms with Crippen LogP contribution in [0.4, 0.5) is 0 Å². The molecule has 0 radical (unpaired) electrons. The maximum atomic E-state index is 12.7. The Labute approximate surface area is 169 Å². The number of fused-ring (bicyclic) bond motifs is 1. The normalized spacial score (nSPS) is 12.6. The number of carbonyl (C=O) groups excluding carboxylic acids is 1. The van der Waals surface area contributed by atoms with Crippen molar-refractivity contribution in [1.29, 1.82) is 0 Å².